The molecule has 2 fully saturated rings. The molecule has 1 atom stereocenters. The van der Waals surface area contributed by atoms with Crippen molar-refractivity contribution in [3.05, 3.63) is 53.5 Å². The summed E-state index contributed by atoms with van der Waals surface area (Å²) in [7, 11) is 0. The third-order valence-electron chi connectivity index (χ3n) is 7.39. The zero-order chi connectivity index (χ0) is 21.7. The van der Waals surface area contributed by atoms with Gasteiger partial charge >= 0.3 is 0 Å². The predicted octanol–water partition coefficient (Wildman–Crippen LogP) is 3.15. The summed E-state index contributed by atoms with van der Waals surface area (Å²) in [6, 6.07) is 8.71. The number of nitrogens with one attached hydrogen (secondary N) is 1. The lowest BCUT2D eigenvalue weighted by atomic mass is 9.91. The van der Waals surface area contributed by atoms with Crippen LogP contribution in [0.4, 0.5) is 0 Å². The predicted molar refractivity (Wildman–Crippen MR) is 121 cm³/mol. The molecule has 0 bridgehead atoms. The Balaban J connectivity index is 1.26. The molecule has 7 nitrogen and oxygen atoms in total. The molecule has 1 saturated heterocycles. The molecular formula is C25H29N5O2. The second kappa shape index (κ2) is 7.80. The minimum Gasteiger partial charge on any atom is -0.346 e. The van der Waals surface area contributed by atoms with Gasteiger partial charge in [0, 0.05) is 66.5 Å². The lowest BCUT2D eigenvalue weighted by molar-refractivity contribution is -0.127. The summed E-state index contributed by atoms with van der Waals surface area (Å²) in [4.78, 5) is 29.9. The van der Waals surface area contributed by atoms with Crippen LogP contribution in [-0.4, -0.2) is 61.6 Å². The van der Waals surface area contributed by atoms with Crippen LogP contribution in [0.1, 0.15) is 53.7 Å². The van der Waals surface area contributed by atoms with Gasteiger partial charge in [-0.25, -0.2) is 0 Å². The Morgan fingerprint density at radius 1 is 1.12 bits per heavy atom. The number of likely N-dealkylation sites (tertiary alicyclic amines) is 1. The standard InChI is InChI=1S/C25H29N5O2/c31-24-5-2-11-29(24)14-13-28-12-10-20-21(3-1-4-23(20)28)25(32)30(18-6-7-18)19-8-9-22-17(15-19)16-26-27-22/h1,3-4,10,12,16,18-19H,2,5-9,11,13-15H2,(H,26,27). The van der Waals surface area contributed by atoms with Crippen molar-refractivity contribution in [3.63, 3.8) is 0 Å². The number of carbonyl (C=O) groups is 2. The number of aromatic amines is 1. The van der Waals surface area contributed by atoms with Crippen molar-refractivity contribution in [2.24, 2.45) is 0 Å². The maximum absolute atomic E-state index is 13.8. The Labute approximate surface area is 187 Å². The van der Waals surface area contributed by atoms with Gasteiger partial charge in [0.2, 0.25) is 5.91 Å². The van der Waals surface area contributed by atoms with E-state index in [0.717, 1.165) is 74.6 Å². The zero-order valence-electron chi connectivity index (χ0n) is 18.3. The van der Waals surface area contributed by atoms with E-state index in [2.05, 4.69) is 38.0 Å². The van der Waals surface area contributed by atoms with Crippen LogP contribution in [0.5, 0.6) is 0 Å². The van der Waals surface area contributed by atoms with Crippen molar-refractivity contribution in [1.82, 2.24) is 24.6 Å². The number of H-pyrrole nitrogens is 1. The van der Waals surface area contributed by atoms with Gasteiger partial charge in [0.25, 0.3) is 5.91 Å². The molecule has 2 aromatic heterocycles. The van der Waals surface area contributed by atoms with Crippen LogP contribution >= 0.6 is 0 Å². The molecule has 0 spiro atoms. The van der Waals surface area contributed by atoms with E-state index in [9.17, 15) is 9.59 Å². The Morgan fingerprint density at radius 3 is 2.84 bits per heavy atom. The van der Waals surface area contributed by atoms with Crippen LogP contribution in [-0.2, 0) is 24.2 Å². The number of nitrogens with zero attached hydrogens (tertiary/aromatic N) is 4. The summed E-state index contributed by atoms with van der Waals surface area (Å²) in [5, 5.41) is 8.31. The highest BCUT2D eigenvalue weighted by Crippen LogP contribution is 2.35. The molecule has 1 unspecified atom stereocenters. The number of amides is 2. The fourth-order valence-corrected chi connectivity index (χ4v) is 5.53. The van der Waals surface area contributed by atoms with Crippen LogP contribution in [0.25, 0.3) is 10.9 Å². The second-order valence-electron chi connectivity index (χ2n) is 9.45. The molecule has 2 amide bonds. The molecular weight excluding hydrogens is 402 g/mol. The number of aryl methyl sites for hydroxylation is 1. The van der Waals surface area contributed by atoms with E-state index in [-0.39, 0.29) is 17.9 Å². The van der Waals surface area contributed by atoms with E-state index in [4.69, 9.17) is 0 Å². The molecule has 3 aromatic rings. The van der Waals surface area contributed by atoms with Gasteiger partial charge in [-0.2, -0.15) is 5.10 Å². The first kappa shape index (κ1) is 19.6. The topological polar surface area (TPSA) is 74.2 Å². The smallest absolute Gasteiger partial charge is 0.255 e. The minimum atomic E-state index is 0.155. The Bertz CT molecular complexity index is 1170. The van der Waals surface area contributed by atoms with E-state index in [0.29, 0.717) is 12.5 Å². The molecule has 1 N–H and O–H groups in total. The second-order valence-corrected chi connectivity index (χ2v) is 9.45. The maximum Gasteiger partial charge on any atom is 0.255 e. The van der Waals surface area contributed by atoms with Crippen molar-refractivity contribution < 1.29 is 9.59 Å². The summed E-state index contributed by atoms with van der Waals surface area (Å²) in [5.41, 5.74) is 4.34. The number of benzene rings is 1. The maximum atomic E-state index is 13.8. The average molecular weight is 432 g/mol. The van der Waals surface area contributed by atoms with Crippen molar-refractivity contribution in [3.8, 4) is 0 Å². The molecule has 32 heavy (non-hydrogen) atoms. The minimum absolute atomic E-state index is 0.155. The first-order valence-electron chi connectivity index (χ1n) is 11.9. The Morgan fingerprint density at radius 2 is 2.03 bits per heavy atom. The summed E-state index contributed by atoms with van der Waals surface area (Å²) in [6.07, 6.45) is 10.6. The van der Waals surface area contributed by atoms with Gasteiger partial charge < -0.3 is 14.4 Å². The molecule has 1 aliphatic heterocycles. The van der Waals surface area contributed by atoms with Crippen molar-refractivity contribution in [1.29, 1.82) is 0 Å². The Kier molecular flexibility index (Phi) is 4.77. The monoisotopic (exact) mass is 431 g/mol. The fourth-order valence-electron chi connectivity index (χ4n) is 5.53. The lowest BCUT2D eigenvalue weighted by Gasteiger charge is -2.34. The van der Waals surface area contributed by atoms with Gasteiger partial charge in [-0.15, -0.1) is 0 Å². The summed E-state index contributed by atoms with van der Waals surface area (Å²) < 4.78 is 2.18. The third kappa shape index (κ3) is 3.40. The molecule has 3 aliphatic rings. The van der Waals surface area contributed by atoms with Gasteiger partial charge in [-0.1, -0.05) is 6.07 Å². The number of hydrogen-bond donors (Lipinski definition) is 1. The van der Waals surface area contributed by atoms with Gasteiger partial charge in [-0.05, 0) is 62.3 Å². The number of carbonyl (C=O) groups excluding carboxylic acids is 2. The highest BCUT2D eigenvalue weighted by molar-refractivity contribution is 6.07. The normalized spacial score (nSPS) is 20.7. The third-order valence-corrected chi connectivity index (χ3v) is 7.39. The van der Waals surface area contributed by atoms with Crippen LogP contribution in [0.15, 0.2) is 36.7 Å². The molecule has 3 heterocycles. The first-order chi connectivity index (χ1) is 15.7. The largest absolute Gasteiger partial charge is 0.346 e. The van der Waals surface area contributed by atoms with Crippen molar-refractivity contribution in [2.75, 3.05) is 13.1 Å². The van der Waals surface area contributed by atoms with E-state index < -0.39 is 0 Å². The molecule has 7 heteroatoms. The highest BCUT2D eigenvalue weighted by Gasteiger charge is 2.39. The molecule has 2 aliphatic carbocycles. The zero-order valence-corrected chi connectivity index (χ0v) is 18.3. The quantitative estimate of drug-likeness (QED) is 0.652. The molecule has 166 valence electrons. The average Bonchev–Trinajstić information content (AvgIpc) is 3.19. The van der Waals surface area contributed by atoms with Crippen LogP contribution in [0, 0.1) is 0 Å². The van der Waals surface area contributed by atoms with Gasteiger partial charge in [0.1, 0.15) is 0 Å². The number of hydrogen-bond acceptors (Lipinski definition) is 3. The molecule has 1 aromatic carbocycles. The van der Waals surface area contributed by atoms with Crippen molar-refractivity contribution >= 4 is 22.7 Å². The van der Waals surface area contributed by atoms with Crippen LogP contribution in [0.3, 0.4) is 0 Å². The highest BCUT2D eigenvalue weighted by atomic mass is 16.2. The van der Waals surface area contributed by atoms with Gasteiger partial charge in [0.05, 0.1) is 6.20 Å². The van der Waals surface area contributed by atoms with E-state index >= 15 is 0 Å². The summed E-state index contributed by atoms with van der Waals surface area (Å²) in [6.45, 7) is 2.34. The molecule has 1 saturated carbocycles. The van der Waals surface area contributed by atoms with Crippen LogP contribution < -0.4 is 0 Å². The van der Waals surface area contributed by atoms with E-state index in [1.165, 1.54) is 11.3 Å². The first-order valence-corrected chi connectivity index (χ1v) is 11.9. The number of fused-ring (bicyclic) bond motifs is 2. The van der Waals surface area contributed by atoms with Gasteiger partial charge in [-0.3, -0.25) is 14.7 Å². The Hall–Kier alpha value is -3.09. The van der Waals surface area contributed by atoms with Gasteiger partial charge in [0.15, 0.2) is 0 Å². The van der Waals surface area contributed by atoms with Crippen molar-refractivity contribution in [2.45, 2.75) is 63.6 Å². The molecule has 6 rings (SSSR count). The number of aromatic nitrogens is 3. The summed E-state index contributed by atoms with van der Waals surface area (Å²) in [5.74, 6) is 0.410. The van der Waals surface area contributed by atoms with Crippen LogP contribution in [0.2, 0.25) is 0 Å². The summed E-state index contributed by atoms with van der Waals surface area (Å²) >= 11 is 0. The van der Waals surface area contributed by atoms with E-state index in [1.54, 1.807) is 0 Å². The fraction of sp³-hybridized carbons (Fsp3) is 0.480. The SMILES string of the molecule is O=C1CCCN1CCn1ccc2c(C(=O)N(C3CC3)C3CCc4[nH]ncc4C3)cccc21. The molecule has 0 radical (unpaired) electrons. The number of rotatable bonds is 6. The lowest BCUT2D eigenvalue weighted by Crippen LogP contribution is -2.44. The van der Waals surface area contributed by atoms with E-state index in [1.807, 2.05) is 23.2 Å².